The highest BCUT2D eigenvalue weighted by atomic mass is 15.1. The maximum Gasteiger partial charge on any atom is 0.0612 e. The summed E-state index contributed by atoms with van der Waals surface area (Å²) < 4.78 is 0. The van der Waals surface area contributed by atoms with Gasteiger partial charge >= 0.3 is 0 Å². The molecule has 0 aliphatic heterocycles. The number of hydrogen-bond donors (Lipinski definition) is 1. The molecule has 1 aromatic carbocycles. The Bertz CT molecular complexity index is 463. The fraction of sp³-hybridized carbons (Fsp3) is 0.214. The van der Waals surface area contributed by atoms with Gasteiger partial charge in [0.15, 0.2) is 0 Å². The van der Waals surface area contributed by atoms with Crippen molar-refractivity contribution in [2.24, 2.45) is 0 Å². The van der Waals surface area contributed by atoms with Crippen LogP contribution in [0.1, 0.15) is 17.2 Å². The van der Waals surface area contributed by atoms with E-state index in [-0.39, 0.29) is 6.04 Å². The Labute approximate surface area is 102 Å². The van der Waals surface area contributed by atoms with Crippen LogP contribution in [0.15, 0.2) is 48.8 Å². The fourth-order valence-electron chi connectivity index (χ4n) is 2.00. The van der Waals surface area contributed by atoms with Gasteiger partial charge in [0, 0.05) is 18.1 Å². The van der Waals surface area contributed by atoms with Gasteiger partial charge in [0.1, 0.15) is 0 Å². The normalized spacial score (nSPS) is 12.6. The maximum absolute atomic E-state index is 5.72. The first-order valence-electron chi connectivity index (χ1n) is 5.60. The molecule has 0 saturated heterocycles. The molecule has 88 valence electrons. The molecule has 0 amide bonds. The molecule has 3 nitrogen and oxygen atoms in total. The zero-order valence-electron chi connectivity index (χ0n) is 10.2. The van der Waals surface area contributed by atoms with Crippen LogP contribution in [0, 0.1) is 0 Å². The summed E-state index contributed by atoms with van der Waals surface area (Å²) in [6.45, 7) is 0. The van der Waals surface area contributed by atoms with Crippen molar-refractivity contribution in [1.82, 2.24) is 9.88 Å². The van der Waals surface area contributed by atoms with Crippen LogP contribution in [0.4, 0.5) is 5.69 Å². The molecular formula is C14H17N3. The van der Waals surface area contributed by atoms with E-state index in [1.165, 1.54) is 11.1 Å². The summed E-state index contributed by atoms with van der Waals surface area (Å²) in [5.41, 5.74) is 8.91. The predicted molar refractivity (Wildman–Crippen MR) is 70.6 cm³/mol. The van der Waals surface area contributed by atoms with E-state index in [0.29, 0.717) is 0 Å². The number of rotatable bonds is 3. The number of aromatic nitrogens is 1. The maximum atomic E-state index is 5.72. The van der Waals surface area contributed by atoms with Gasteiger partial charge in [-0.15, -0.1) is 0 Å². The highest BCUT2D eigenvalue weighted by Gasteiger charge is 2.16. The number of nitrogens with two attached hydrogens (primary N) is 1. The first-order valence-corrected chi connectivity index (χ1v) is 5.60. The van der Waals surface area contributed by atoms with Gasteiger partial charge in [0.05, 0.1) is 6.04 Å². The Hall–Kier alpha value is -1.87. The molecule has 0 radical (unpaired) electrons. The van der Waals surface area contributed by atoms with Crippen LogP contribution in [-0.2, 0) is 0 Å². The van der Waals surface area contributed by atoms with Gasteiger partial charge in [0.25, 0.3) is 0 Å². The van der Waals surface area contributed by atoms with Crippen molar-refractivity contribution in [2.45, 2.75) is 6.04 Å². The van der Waals surface area contributed by atoms with E-state index >= 15 is 0 Å². The number of nitrogens with zero attached hydrogens (tertiary/aromatic N) is 2. The summed E-state index contributed by atoms with van der Waals surface area (Å²) in [6, 6.07) is 12.3. The zero-order chi connectivity index (χ0) is 12.3. The van der Waals surface area contributed by atoms with Gasteiger partial charge in [-0.3, -0.25) is 9.88 Å². The predicted octanol–water partition coefficient (Wildman–Crippen LogP) is 2.31. The summed E-state index contributed by atoms with van der Waals surface area (Å²) in [7, 11) is 4.13. The Balaban J connectivity index is 2.39. The molecule has 3 heteroatoms. The molecule has 17 heavy (non-hydrogen) atoms. The zero-order valence-corrected chi connectivity index (χ0v) is 10.2. The van der Waals surface area contributed by atoms with E-state index < -0.39 is 0 Å². The van der Waals surface area contributed by atoms with Crippen molar-refractivity contribution in [2.75, 3.05) is 19.8 Å². The van der Waals surface area contributed by atoms with Gasteiger partial charge in [0.2, 0.25) is 0 Å². The SMILES string of the molecule is CN(C)C(c1ccc(N)cc1)c1cccnc1. The number of anilines is 1. The van der Waals surface area contributed by atoms with Crippen LogP contribution >= 0.6 is 0 Å². The van der Waals surface area contributed by atoms with Crippen LogP contribution in [-0.4, -0.2) is 24.0 Å². The lowest BCUT2D eigenvalue weighted by atomic mass is 9.99. The second kappa shape index (κ2) is 4.97. The molecule has 0 spiro atoms. The third kappa shape index (κ3) is 2.63. The van der Waals surface area contributed by atoms with Gasteiger partial charge in [-0.25, -0.2) is 0 Å². The monoisotopic (exact) mass is 227 g/mol. The lowest BCUT2D eigenvalue weighted by Crippen LogP contribution is -2.21. The van der Waals surface area contributed by atoms with E-state index in [0.717, 1.165) is 5.69 Å². The second-order valence-electron chi connectivity index (χ2n) is 4.32. The fourth-order valence-corrected chi connectivity index (χ4v) is 2.00. The van der Waals surface area contributed by atoms with E-state index in [9.17, 15) is 0 Å². The average molecular weight is 227 g/mol. The molecule has 0 aliphatic carbocycles. The molecule has 0 aliphatic rings. The summed E-state index contributed by atoms with van der Waals surface area (Å²) in [6.07, 6.45) is 3.69. The molecule has 2 rings (SSSR count). The summed E-state index contributed by atoms with van der Waals surface area (Å²) in [5.74, 6) is 0. The number of pyridine rings is 1. The third-order valence-corrected chi connectivity index (χ3v) is 2.77. The minimum absolute atomic E-state index is 0.212. The van der Waals surface area contributed by atoms with Gasteiger partial charge in [-0.1, -0.05) is 18.2 Å². The van der Waals surface area contributed by atoms with Crippen molar-refractivity contribution in [3.8, 4) is 0 Å². The van der Waals surface area contributed by atoms with Gasteiger partial charge in [-0.05, 0) is 43.4 Å². The molecule has 1 atom stereocenters. The van der Waals surface area contributed by atoms with Crippen LogP contribution in [0.3, 0.4) is 0 Å². The Morgan fingerprint density at radius 1 is 1.06 bits per heavy atom. The van der Waals surface area contributed by atoms with Crippen molar-refractivity contribution < 1.29 is 0 Å². The van der Waals surface area contributed by atoms with Gasteiger partial charge < -0.3 is 5.73 Å². The van der Waals surface area contributed by atoms with Crippen LogP contribution in [0.2, 0.25) is 0 Å². The Morgan fingerprint density at radius 2 is 1.76 bits per heavy atom. The van der Waals surface area contributed by atoms with Crippen molar-refractivity contribution in [1.29, 1.82) is 0 Å². The molecular weight excluding hydrogens is 210 g/mol. The van der Waals surface area contributed by atoms with E-state index in [1.54, 1.807) is 6.20 Å². The molecule has 1 unspecified atom stereocenters. The quantitative estimate of drug-likeness (QED) is 0.818. The Kier molecular flexibility index (Phi) is 3.40. The number of benzene rings is 1. The van der Waals surface area contributed by atoms with Crippen molar-refractivity contribution >= 4 is 5.69 Å². The molecule has 1 heterocycles. The first-order chi connectivity index (χ1) is 8.18. The topological polar surface area (TPSA) is 42.1 Å². The van der Waals surface area contributed by atoms with Crippen molar-refractivity contribution in [3.05, 3.63) is 59.9 Å². The van der Waals surface area contributed by atoms with Crippen LogP contribution in [0.25, 0.3) is 0 Å². The summed E-state index contributed by atoms with van der Waals surface area (Å²) in [4.78, 5) is 6.35. The van der Waals surface area contributed by atoms with Crippen LogP contribution in [0.5, 0.6) is 0 Å². The molecule has 0 saturated carbocycles. The molecule has 2 N–H and O–H groups in total. The molecule has 0 bridgehead atoms. The standard InChI is InChI=1S/C14H17N3/c1-17(2)14(12-4-3-9-16-10-12)11-5-7-13(15)8-6-11/h3-10,14H,15H2,1-2H3. The lowest BCUT2D eigenvalue weighted by Gasteiger charge is -2.25. The minimum Gasteiger partial charge on any atom is -0.399 e. The first kappa shape index (κ1) is 11.6. The summed E-state index contributed by atoms with van der Waals surface area (Å²) >= 11 is 0. The van der Waals surface area contributed by atoms with E-state index in [4.69, 9.17) is 5.73 Å². The number of nitrogen functional groups attached to an aromatic ring is 1. The highest BCUT2D eigenvalue weighted by Crippen LogP contribution is 2.26. The third-order valence-electron chi connectivity index (χ3n) is 2.77. The minimum atomic E-state index is 0.212. The molecule has 0 fully saturated rings. The van der Waals surface area contributed by atoms with Gasteiger partial charge in [-0.2, -0.15) is 0 Å². The molecule has 2 aromatic rings. The summed E-state index contributed by atoms with van der Waals surface area (Å²) in [5, 5.41) is 0. The van der Waals surface area contributed by atoms with Crippen molar-refractivity contribution in [3.63, 3.8) is 0 Å². The number of hydrogen-bond acceptors (Lipinski definition) is 3. The average Bonchev–Trinajstić information content (AvgIpc) is 2.33. The smallest absolute Gasteiger partial charge is 0.0612 e. The second-order valence-corrected chi connectivity index (χ2v) is 4.32. The van der Waals surface area contributed by atoms with E-state index in [2.05, 4.69) is 42.2 Å². The van der Waals surface area contributed by atoms with Crippen LogP contribution < -0.4 is 5.73 Å². The lowest BCUT2D eigenvalue weighted by molar-refractivity contribution is 0.342. The Morgan fingerprint density at radius 3 is 2.29 bits per heavy atom. The van der Waals surface area contributed by atoms with E-state index in [1.807, 2.05) is 24.4 Å². The largest absolute Gasteiger partial charge is 0.399 e. The molecule has 1 aromatic heterocycles. The highest BCUT2D eigenvalue weighted by molar-refractivity contribution is 5.42.